The van der Waals surface area contributed by atoms with Gasteiger partial charge < -0.3 is 25.4 Å². The first kappa shape index (κ1) is 30.1. The molecule has 43 heavy (non-hydrogen) atoms. The number of hydrogen-bond donors (Lipinski definition) is 3. The van der Waals surface area contributed by atoms with Crippen LogP contribution in [0.5, 0.6) is 0 Å². The zero-order chi connectivity index (χ0) is 30.7. The van der Waals surface area contributed by atoms with Crippen LogP contribution >= 0.6 is 0 Å². The van der Waals surface area contributed by atoms with E-state index in [-0.39, 0.29) is 17.3 Å². The van der Waals surface area contributed by atoms with Crippen LogP contribution in [-0.4, -0.2) is 56.7 Å². The van der Waals surface area contributed by atoms with Gasteiger partial charge in [-0.1, -0.05) is 51.9 Å². The molecule has 0 saturated carbocycles. The summed E-state index contributed by atoms with van der Waals surface area (Å²) in [6.07, 6.45) is 3.47. The molecule has 3 aromatic heterocycles. The van der Waals surface area contributed by atoms with Gasteiger partial charge in [0, 0.05) is 42.7 Å². The van der Waals surface area contributed by atoms with Crippen molar-refractivity contribution in [3.8, 4) is 11.3 Å². The fraction of sp³-hybridized carbons (Fsp3) is 0.438. The topological polar surface area (TPSA) is 134 Å². The fourth-order valence-electron chi connectivity index (χ4n) is 5.26. The molecule has 11 heteroatoms. The summed E-state index contributed by atoms with van der Waals surface area (Å²) in [7, 11) is 0. The zero-order valence-corrected chi connectivity index (χ0v) is 26.0. The van der Waals surface area contributed by atoms with E-state index in [9.17, 15) is 4.79 Å². The van der Waals surface area contributed by atoms with Crippen LogP contribution in [0.4, 0.5) is 17.3 Å². The predicted molar refractivity (Wildman–Crippen MR) is 167 cm³/mol. The van der Waals surface area contributed by atoms with Crippen LogP contribution in [0.1, 0.15) is 75.2 Å². The minimum atomic E-state index is -0.403. The van der Waals surface area contributed by atoms with Gasteiger partial charge in [0.15, 0.2) is 5.82 Å². The number of aryl methyl sites for hydroxylation is 1. The largest absolute Gasteiger partial charge is 0.364 e. The lowest BCUT2D eigenvalue weighted by atomic mass is 9.96. The second-order valence-electron chi connectivity index (χ2n) is 12.5. The first-order valence-electron chi connectivity index (χ1n) is 14.8. The van der Waals surface area contributed by atoms with Crippen molar-refractivity contribution in [2.75, 3.05) is 29.9 Å². The van der Waals surface area contributed by atoms with Gasteiger partial charge >= 0.3 is 11.8 Å². The Hall–Kier alpha value is -4.38. The molecule has 0 radical (unpaired) electrons. The Morgan fingerprint density at radius 2 is 1.88 bits per heavy atom. The van der Waals surface area contributed by atoms with Crippen molar-refractivity contribution in [1.29, 1.82) is 0 Å². The molecule has 1 fully saturated rings. The number of pyridine rings is 1. The average Bonchev–Trinajstić information content (AvgIpc) is 3.49. The smallest absolute Gasteiger partial charge is 0.315 e. The Labute approximate surface area is 252 Å². The number of carbonyl (C=O) groups excluding carboxylic acids is 1. The molecular weight excluding hydrogens is 542 g/mol. The summed E-state index contributed by atoms with van der Waals surface area (Å²) in [5, 5.41) is 13.7. The molecule has 0 bridgehead atoms. The van der Waals surface area contributed by atoms with E-state index in [0.29, 0.717) is 23.6 Å². The van der Waals surface area contributed by atoms with E-state index in [2.05, 4.69) is 71.9 Å². The first-order valence-corrected chi connectivity index (χ1v) is 14.8. The highest BCUT2D eigenvalue weighted by molar-refractivity contribution is 5.89. The molecule has 5 rings (SSSR count). The number of anilines is 3. The van der Waals surface area contributed by atoms with Crippen LogP contribution in [0.15, 0.2) is 53.4 Å². The standard InChI is InChI=1S/C32H41N9O2/c1-19(2)26-17-33-12-13-41(26)23-9-11-27(34-16-23)38-28-15-25(35-18-36-28)22-8-10-24(20(3)14-22)21(4)37-29(42)30-39-31(40-43-30)32(5,6)7/h8-11,14-16,18-19,21,26,33H,12-13,17H2,1-7H3,(H,37,42)(H,34,35,36,38)/t21-,26-/m1/s1. The third kappa shape index (κ3) is 6.99. The summed E-state index contributed by atoms with van der Waals surface area (Å²) in [4.78, 5) is 33.0. The maximum atomic E-state index is 12.8. The van der Waals surface area contributed by atoms with Crippen LogP contribution in [-0.2, 0) is 5.41 Å². The van der Waals surface area contributed by atoms with E-state index in [1.54, 1.807) is 6.33 Å². The van der Waals surface area contributed by atoms with Crippen molar-refractivity contribution in [1.82, 2.24) is 35.7 Å². The molecule has 0 unspecified atom stereocenters. The Balaban J connectivity index is 1.25. The van der Waals surface area contributed by atoms with Gasteiger partial charge in [0.2, 0.25) is 0 Å². The minimum absolute atomic E-state index is 0.0419. The van der Waals surface area contributed by atoms with Crippen LogP contribution in [0.25, 0.3) is 11.3 Å². The van der Waals surface area contributed by atoms with Gasteiger partial charge in [-0.2, -0.15) is 4.98 Å². The highest BCUT2D eigenvalue weighted by Gasteiger charge is 2.26. The van der Waals surface area contributed by atoms with Gasteiger partial charge in [-0.05, 0) is 49.1 Å². The molecule has 0 aliphatic carbocycles. The lowest BCUT2D eigenvalue weighted by Gasteiger charge is -2.40. The van der Waals surface area contributed by atoms with Crippen molar-refractivity contribution in [2.24, 2.45) is 5.92 Å². The highest BCUT2D eigenvalue weighted by atomic mass is 16.5. The third-order valence-electron chi connectivity index (χ3n) is 7.73. The van der Waals surface area contributed by atoms with Gasteiger partial charge in [0.05, 0.1) is 23.6 Å². The Kier molecular flexibility index (Phi) is 8.72. The quantitative estimate of drug-likeness (QED) is 0.254. The van der Waals surface area contributed by atoms with Gasteiger partial charge in [-0.3, -0.25) is 4.79 Å². The molecule has 4 heterocycles. The minimum Gasteiger partial charge on any atom is -0.364 e. The van der Waals surface area contributed by atoms with Crippen LogP contribution in [0, 0.1) is 12.8 Å². The Morgan fingerprint density at radius 3 is 2.56 bits per heavy atom. The van der Waals surface area contributed by atoms with E-state index < -0.39 is 5.91 Å². The molecule has 11 nitrogen and oxygen atoms in total. The molecule has 3 N–H and O–H groups in total. The lowest BCUT2D eigenvalue weighted by Crippen LogP contribution is -2.53. The summed E-state index contributed by atoms with van der Waals surface area (Å²) in [6.45, 7) is 17.3. The summed E-state index contributed by atoms with van der Waals surface area (Å²) in [6, 6.07) is 12.2. The summed E-state index contributed by atoms with van der Waals surface area (Å²) in [5.41, 5.74) is 4.54. The molecule has 1 saturated heterocycles. The van der Waals surface area contributed by atoms with E-state index >= 15 is 0 Å². The number of hydrogen-bond acceptors (Lipinski definition) is 10. The highest BCUT2D eigenvalue weighted by Crippen LogP contribution is 2.27. The van der Waals surface area contributed by atoms with E-state index in [1.165, 1.54) is 0 Å². The number of amides is 1. The molecule has 0 spiro atoms. The molecule has 2 atom stereocenters. The monoisotopic (exact) mass is 583 g/mol. The van der Waals surface area contributed by atoms with Gasteiger partial charge in [0.25, 0.3) is 0 Å². The number of carbonyl (C=O) groups is 1. The zero-order valence-electron chi connectivity index (χ0n) is 26.0. The van der Waals surface area contributed by atoms with Crippen LogP contribution in [0.2, 0.25) is 0 Å². The number of nitrogens with zero attached hydrogens (tertiary/aromatic N) is 6. The van der Waals surface area contributed by atoms with Crippen molar-refractivity contribution in [3.63, 3.8) is 0 Å². The van der Waals surface area contributed by atoms with Crippen molar-refractivity contribution < 1.29 is 9.32 Å². The summed E-state index contributed by atoms with van der Waals surface area (Å²) in [5.74, 6) is 1.97. The normalized spacial score (nSPS) is 16.3. The molecule has 1 aliphatic rings. The predicted octanol–water partition coefficient (Wildman–Crippen LogP) is 5.20. The number of aromatic nitrogens is 5. The molecule has 1 aliphatic heterocycles. The maximum Gasteiger partial charge on any atom is 0.315 e. The summed E-state index contributed by atoms with van der Waals surface area (Å²) < 4.78 is 5.19. The van der Waals surface area contributed by atoms with E-state index in [1.807, 2.05) is 65.1 Å². The number of nitrogens with one attached hydrogen (secondary N) is 3. The summed E-state index contributed by atoms with van der Waals surface area (Å²) >= 11 is 0. The second kappa shape index (κ2) is 12.5. The fourth-order valence-corrected chi connectivity index (χ4v) is 5.26. The number of piperazine rings is 1. The molecule has 1 amide bonds. The van der Waals surface area contributed by atoms with Gasteiger partial charge in [0.1, 0.15) is 18.0 Å². The average molecular weight is 584 g/mol. The van der Waals surface area contributed by atoms with Gasteiger partial charge in [-0.15, -0.1) is 0 Å². The van der Waals surface area contributed by atoms with Gasteiger partial charge in [-0.25, -0.2) is 15.0 Å². The first-order chi connectivity index (χ1) is 20.5. The molecule has 226 valence electrons. The maximum absolute atomic E-state index is 12.8. The lowest BCUT2D eigenvalue weighted by molar-refractivity contribution is 0.0895. The van der Waals surface area contributed by atoms with Crippen molar-refractivity contribution in [2.45, 2.75) is 66.0 Å². The van der Waals surface area contributed by atoms with E-state index in [4.69, 9.17) is 4.52 Å². The van der Waals surface area contributed by atoms with Crippen molar-refractivity contribution in [3.05, 3.63) is 71.8 Å². The second-order valence-corrected chi connectivity index (χ2v) is 12.5. The molecule has 1 aromatic carbocycles. The Morgan fingerprint density at radius 1 is 1.07 bits per heavy atom. The third-order valence-corrected chi connectivity index (χ3v) is 7.73. The Bertz CT molecular complexity index is 1560. The molecular formula is C32H41N9O2. The number of rotatable bonds is 8. The van der Waals surface area contributed by atoms with Crippen LogP contribution < -0.4 is 20.9 Å². The SMILES string of the molecule is Cc1cc(-c2cc(Nc3ccc(N4CCNC[C@@H]4C(C)C)cn3)ncn2)ccc1[C@@H](C)NC(=O)c1nc(C(C)(C)C)no1. The van der Waals surface area contributed by atoms with E-state index in [0.717, 1.165) is 53.5 Å². The van der Waals surface area contributed by atoms with Crippen LogP contribution in [0.3, 0.4) is 0 Å². The number of benzene rings is 1. The van der Waals surface area contributed by atoms with Crippen molar-refractivity contribution >= 4 is 23.2 Å². The molecule has 4 aromatic rings.